The lowest BCUT2D eigenvalue weighted by molar-refractivity contribution is -0.140. The second-order valence-corrected chi connectivity index (χ2v) is 9.72. The van der Waals surface area contributed by atoms with Gasteiger partial charge in [-0.1, -0.05) is 63.2 Å². The highest BCUT2D eigenvalue weighted by Gasteiger charge is 2.38. The molecule has 0 aliphatic heterocycles. The summed E-state index contributed by atoms with van der Waals surface area (Å²) in [6.45, 7) is 7.87. The summed E-state index contributed by atoms with van der Waals surface area (Å²) in [6.07, 6.45) is 2.71. The van der Waals surface area contributed by atoms with Crippen LogP contribution in [0.1, 0.15) is 50.2 Å². The van der Waals surface area contributed by atoms with E-state index in [1.807, 2.05) is 59.6 Å². The Balaban J connectivity index is 2.16. The van der Waals surface area contributed by atoms with Crippen molar-refractivity contribution in [2.75, 3.05) is 26.8 Å². The molecule has 1 amide bonds. The summed E-state index contributed by atoms with van der Waals surface area (Å²) < 4.78 is 7.31. The average Bonchev–Trinajstić information content (AvgIpc) is 3.24. The monoisotopic (exact) mass is 473 g/mol. The van der Waals surface area contributed by atoms with E-state index in [0.717, 1.165) is 22.6 Å². The van der Waals surface area contributed by atoms with Crippen molar-refractivity contribution >= 4 is 5.91 Å². The van der Waals surface area contributed by atoms with Crippen LogP contribution in [0.2, 0.25) is 0 Å². The van der Waals surface area contributed by atoms with Gasteiger partial charge in [-0.2, -0.15) is 5.26 Å². The van der Waals surface area contributed by atoms with Crippen LogP contribution >= 0.6 is 0 Å². The third-order valence-electron chi connectivity index (χ3n) is 5.85. The van der Waals surface area contributed by atoms with Gasteiger partial charge in [-0.25, -0.2) is 4.98 Å². The summed E-state index contributed by atoms with van der Waals surface area (Å²) in [5.41, 5.74) is 8.95. The lowest BCUT2D eigenvalue weighted by Crippen LogP contribution is -2.45. The minimum atomic E-state index is -0.316. The van der Waals surface area contributed by atoms with Crippen LogP contribution < -0.4 is 5.73 Å². The van der Waals surface area contributed by atoms with Crippen LogP contribution in [-0.4, -0.2) is 47.2 Å². The molecule has 7 heteroatoms. The molecule has 0 fully saturated rings. The Morgan fingerprint density at radius 1 is 1.20 bits per heavy atom. The van der Waals surface area contributed by atoms with Gasteiger partial charge >= 0.3 is 0 Å². The molecule has 0 radical (unpaired) electrons. The number of imidazole rings is 1. The lowest BCUT2D eigenvalue weighted by atomic mass is 9.84. The van der Waals surface area contributed by atoms with Gasteiger partial charge in [0.05, 0.1) is 23.4 Å². The topological polar surface area (TPSA) is 97.2 Å². The molecule has 1 aromatic heterocycles. The third-order valence-corrected chi connectivity index (χ3v) is 5.85. The molecule has 0 bridgehead atoms. The number of nitrogens with two attached hydrogens (primary N) is 1. The minimum Gasteiger partial charge on any atom is -0.375 e. The van der Waals surface area contributed by atoms with Gasteiger partial charge in [0.2, 0.25) is 5.91 Å². The maximum atomic E-state index is 13.2. The number of hydrogen-bond acceptors (Lipinski definition) is 5. The summed E-state index contributed by atoms with van der Waals surface area (Å²) in [6, 6.07) is 19.5. The van der Waals surface area contributed by atoms with Crippen LogP contribution in [0, 0.1) is 16.7 Å². The van der Waals surface area contributed by atoms with Crippen molar-refractivity contribution in [1.82, 2.24) is 14.5 Å². The van der Waals surface area contributed by atoms with Crippen molar-refractivity contribution in [3.05, 3.63) is 77.7 Å². The van der Waals surface area contributed by atoms with E-state index in [0.29, 0.717) is 31.6 Å². The maximum absolute atomic E-state index is 13.2. The summed E-state index contributed by atoms with van der Waals surface area (Å²) in [4.78, 5) is 20.2. The molecule has 184 valence electrons. The highest BCUT2D eigenvalue weighted by atomic mass is 16.5. The van der Waals surface area contributed by atoms with Gasteiger partial charge in [0, 0.05) is 32.0 Å². The number of aromatic nitrogens is 2. The van der Waals surface area contributed by atoms with Gasteiger partial charge in [0.15, 0.2) is 0 Å². The van der Waals surface area contributed by atoms with E-state index in [9.17, 15) is 10.1 Å². The number of ether oxygens (including phenoxy) is 1. The molecule has 2 aromatic carbocycles. The van der Waals surface area contributed by atoms with Gasteiger partial charge in [0.25, 0.3) is 0 Å². The molecule has 1 unspecified atom stereocenters. The van der Waals surface area contributed by atoms with E-state index in [2.05, 4.69) is 31.4 Å². The molecule has 3 rings (SSSR count). The van der Waals surface area contributed by atoms with Crippen molar-refractivity contribution in [2.24, 2.45) is 11.1 Å². The Hall–Kier alpha value is -3.47. The molecule has 3 aromatic rings. The number of amides is 1. The fourth-order valence-corrected chi connectivity index (χ4v) is 4.32. The SMILES string of the molecule is COCC(=O)N(CCCN)C(c1nc(-c2ccccc2)cn1Cc1cccc(C#N)c1)C(C)(C)C. The predicted octanol–water partition coefficient (Wildman–Crippen LogP) is 4.38. The smallest absolute Gasteiger partial charge is 0.249 e. The van der Waals surface area contributed by atoms with Crippen LogP contribution in [0.25, 0.3) is 11.3 Å². The molecule has 35 heavy (non-hydrogen) atoms. The molecule has 0 saturated heterocycles. The predicted molar refractivity (Wildman–Crippen MR) is 137 cm³/mol. The standard InChI is InChI=1S/C28H35N5O2/c1-28(2,3)26(33(15-9-14-29)25(34)20-35-4)27-31-24(23-12-6-5-7-13-23)19-32(27)18-22-11-8-10-21(16-22)17-30/h5-8,10-13,16,19,26H,9,14-15,18,20,29H2,1-4H3. The van der Waals surface area contributed by atoms with E-state index < -0.39 is 0 Å². The highest BCUT2D eigenvalue weighted by Crippen LogP contribution is 2.39. The zero-order valence-electron chi connectivity index (χ0n) is 21.1. The number of carbonyl (C=O) groups is 1. The number of nitrogens with zero attached hydrogens (tertiary/aromatic N) is 4. The number of hydrogen-bond donors (Lipinski definition) is 1. The molecule has 0 aliphatic carbocycles. The van der Waals surface area contributed by atoms with E-state index in [1.54, 1.807) is 6.07 Å². The average molecular weight is 474 g/mol. The number of carbonyl (C=O) groups excluding carboxylic acids is 1. The largest absolute Gasteiger partial charge is 0.375 e. The number of methoxy groups -OCH3 is 1. The van der Waals surface area contributed by atoms with Crippen molar-refractivity contribution in [3.63, 3.8) is 0 Å². The van der Waals surface area contributed by atoms with E-state index in [1.165, 1.54) is 7.11 Å². The number of benzene rings is 2. The first-order valence-electron chi connectivity index (χ1n) is 11.9. The first-order valence-corrected chi connectivity index (χ1v) is 11.9. The highest BCUT2D eigenvalue weighted by molar-refractivity contribution is 5.78. The lowest BCUT2D eigenvalue weighted by Gasteiger charge is -2.40. The molecule has 0 spiro atoms. The van der Waals surface area contributed by atoms with Crippen LogP contribution in [0.4, 0.5) is 0 Å². The van der Waals surface area contributed by atoms with Crippen molar-refractivity contribution in [3.8, 4) is 17.3 Å². The fourth-order valence-electron chi connectivity index (χ4n) is 4.32. The van der Waals surface area contributed by atoms with Gasteiger partial charge in [0.1, 0.15) is 12.4 Å². The van der Waals surface area contributed by atoms with Gasteiger partial charge in [-0.05, 0) is 36.1 Å². The Labute approximate surface area is 208 Å². The van der Waals surface area contributed by atoms with Crippen molar-refractivity contribution < 1.29 is 9.53 Å². The fraction of sp³-hybridized carbons (Fsp3) is 0.393. The summed E-state index contributed by atoms with van der Waals surface area (Å²) in [7, 11) is 1.53. The van der Waals surface area contributed by atoms with Gasteiger partial charge in [-0.3, -0.25) is 4.79 Å². The Morgan fingerprint density at radius 3 is 2.57 bits per heavy atom. The summed E-state index contributed by atoms with van der Waals surface area (Å²) in [5.74, 6) is 0.698. The number of rotatable bonds is 10. The second-order valence-electron chi connectivity index (χ2n) is 9.72. The molecule has 2 N–H and O–H groups in total. The first kappa shape index (κ1) is 26.1. The van der Waals surface area contributed by atoms with E-state index in [4.69, 9.17) is 15.5 Å². The van der Waals surface area contributed by atoms with Crippen LogP contribution in [0.3, 0.4) is 0 Å². The molecule has 0 saturated carbocycles. The Kier molecular flexibility index (Phi) is 8.80. The van der Waals surface area contributed by atoms with E-state index in [-0.39, 0.29) is 24.0 Å². The maximum Gasteiger partial charge on any atom is 0.249 e. The zero-order valence-corrected chi connectivity index (χ0v) is 21.1. The zero-order chi connectivity index (χ0) is 25.4. The first-order chi connectivity index (χ1) is 16.8. The van der Waals surface area contributed by atoms with Crippen LogP contribution in [0.5, 0.6) is 0 Å². The van der Waals surface area contributed by atoms with Crippen molar-refractivity contribution in [2.45, 2.75) is 39.8 Å². The second kappa shape index (κ2) is 11.8. The van der Waals surface area contributed by atoms with Gasteiger partial charge < -0.3 is 19.9 Å². The summed E-state index contributed by atoms with van der Waals surface area (Å²) >= 11 is 0. The molecule has 1 atom stereocenters. The Morgan fingerprint density at radius 2 is 1.94 bits per heavy atom. The quantitative estimate of drug-likeness (QED) is 0.471. The Bertz CT molecular complexity index is 1160. The molecule has 7 nitrogen and oxygen atoms in total. The number of nitriles is 1. The molecule has 0 aliphatic rings. The molecule has 1 heterocycles. The summed E-state index contributed by atoms with van der Waals surface area (Å²) in [5, 5.41) is 9.36. The van der Waals surface area contributed by atoms with Gasteiger partial charge in [-0.15, -0.1) is 0 Å². The third kappa shape index (κ3) is 6.56. The molecular formula is C28H35N5O2. The minimum absolute atomic E-state index is 0.00633. The van der Waals surface area contributed by atoms with Crippen molar-refractivity contribution in [1.29, 1.82) is 5.26 Å². The molecular weight excluding hydrogens is 438 g/mol. The van der Waals surface area contributed by atoms with E-state index >= 15 is 0 Å². The van der Waals surface area contributed by atoms with Crippen LogP contribution in [0.15, 0.2) is 60.8 Å². The normalized spacial score (nSPS) is 12.2. The van der Waals surface area contributed by atoms with Crippen LogP contribution in [-0.2, 0) is 16.1 Å².